The molecule has 1 heterocycles. The van der Waals surface area contributed by atoms with E-state index >= 15 is 0 Å². The maximum Gasteiger partial charge on any atom is 0.331 e. The number of hydrazine groups is 1. The fraction of sp³-hybridized carbons (Fsp3) is 0.333. The number of methoxy groups -OCH3 is 1. The molecule has 1 aliphatic heterocycles. The Bertz CT molecular complexity index is 311. The molecule has 0 aromatic heterocycles. The average Bonchev–Trinajstić information content (AvgIpc) is 2.26. The molecule has 0 saturated carbocycles. The van der Waals surface area contributed by atoms with E-state index in [0.29, 0.717) is 0 Å². The minimum atomic E-state index is -1.06. The maximum atomic E-state index is 11.3. The highest BCUT2D eigenvalue weighted by Crippen LogP contribution is 2.07. The van der Waals surface area contributed by atoms with Crippen molar-refractivity contribution in [2.45, 2.75) is 12.5 Å². The second kappa shape index (κ2) is 5.04. The van der Waals surface area contributed by atoms with E-state index in [2.05, 4.69) is 10.2 Å². The molecule has 1 unspecified atom stereocenters. The van der Waals surface area contributed by atoms with Crippen molar-refractivity contribution in [2.75, 3.05) is 7.11 Å². The number of aliphatic carboxylic acids is 1. The summed E-state index contributed by atoms with van der Waals surface area (Å²) in [5, 5.41) is 10.0. The summed E-state index contributed by atoms with van der Waals surface area (Å²) in [6.07, 6.45) is 6.26. The minimum absolute atomic E-state index is 0.322. The van der Waals surface area contributed by atoms with Crippen LogP contribution in [0.5, 0.6) is 0 Å². The summed E-state index contributed by atoms with van der Waals surface area (Å²) in [6, 6.07) is -0.867. The van der Waals surface area contributed by atoms with Crippen LogP contribution in [0, 0.1) is 0 Å². The molecule has 1 atom stereocenters. The number of ether oxygens (including phenoxy) is 1. The van der Waals surface area contributed by atoms with Gasteiger partial charge in [0, 0.05) is 12.4 Å². The SMILES string of the molecule is COC(=O)C(CC(=O)O)N1C=CC=CN1. The second-order valence-electron chi connectivity index (χ2n) is 2.87. The molecule has 0 fully saturated rings. The Balaban J connectivity index is 2.71. The van der Waals surface area contributed by atoms with Crippen LogP contribution in [-0.4, -0.2) is 35.2 Å². The number of carbonyl (C=O) groups excluding carboxylic acids is 1. The molecule has 6 heteroatoms. The Morgan fingerprint density at radius 1 is 1.53 bits per heavy atom. The van der Waals surface area contributed by atoms with Gasteiger partial charge in [-0.1, -0.05) is 0 Å². The van der Waals surface area contributed by atoms with Gasteiger partial charge in [0.2, 0.25) is 0 Å². The predicted octanol–water partition coefficient (Wildman–Crippen LogP) is -0.150. The monoisotopic (exact) mass is 212 g/mol. The molecule has 0 saturated heterocycles. The zero-order valence-corrected chi connectivity index (χ0v) is 8.21. The van der Waals surface area contributed by atoms with Crippen LogP contribution in [0.15, 0.2) is 24.6 Å². The van der Waals surface area contributed by atoms with Gasteiger partial charge < -0.3 is 15.3 Å². The van der Waals surface area contributed by atoms with Gasteiger partial charge in [-0.2, -0.15) is 0 Å². The second-order valence-corrected chi connectivity index (χ2v) is 2.87. The summed E-state index contributed by atoms with van der Waals surface area (Å²) in [7, 11) is 1.22. The summed E-state index contributed by atoms with van der Waals surface area (Å²) in [5.74, 6) is -1.65. The smallest absolute Gasteiger partial charge is 0.331 e. The van der Waals surface area contributed by atoms with Gasteiger partial charge in [-0.3, -0.25) is 9.80 Å². The van der Waals surface area contributed by atoms with Gasteiger partial charge >= 0.3 is 11.9 Å². The first kappa shape index (κ1) is 11.1. The lowest BCUT2D eigenvalue weighted by molar-refractivity contribution is -0.152. The number of allylic oxidation sites excluding steroid dienone is 2. The van der Waals surface area contributed by atoms with Crippen LogP contribution in [0.25, 0.3) is 0 Å². The largest absolute Gasteiger partial charge is 0.481 e. The molecular formula is C9H12N2O4. The first-order valence-corrected chi connectivity index (χ1v) is 4.32. The third-order valence-electron chi connectivity index (χ3n) is 1.85. The summed E-state index contributed by atoms with van der Waals surface area (Å²) >= 11 is 0. The van der Waals surface area contributed by atoms with Crippen LogP contribution in [0.3, 0.4) is 0 Å². The molecule has 0 aromatic carbocycles. The molecule has 0 aliphatic carbocycles. The molecule has 0 amide bonds. The van der Waals surface area contributed by atoms with Crippen LogP contribution in [0.1, 0.15) is 6.42 Å². The van der Waals surface area contributed by atoms with Crippen molar-refractivity contribution >= 4 is 11.9 Å². The minimum Gasteiger partial charge on any atom is -0.481 e. The molecule has 6 nitrogen and oxygen atoms in total. The third kappa shape index (κ3) is 3.01. The predicted molar refractivity (Wildman–Crippen MR) is 51.3 cm³/mol. The van der Waals surface area contributed by atoms with Crippen LogP contribution in [0.2, 0.25) is 0 Å². The molecule has 1 aliphatic rings. The topological polar surface area (TPSA) is 78.9 Å². The number of esters is 1. The van der Waals surface area contributed by atoms with Crippen LogP contribution in [-0.2, 0) is 14.3 Å². The van der Waals surface area contributed by atoms with Crippen LogP contribution in [0.4, 0.5) is 0 Å². The normalized spacial score (nSPS) is 15.7. The Hall–Kier alpha value is -1.98. The van der Waals surface area contributed by atoms with E-state index in [1.165, 1.54) is 12.1 Å². The highest BCUT2D eigenvalue weighted by Gasteiger charge is 2.27. The number of hydrogen-bond donors (Lipinski definition) is 2. The fourth-order valence-electron chi connectivity index (χ4n) is 1.16. The number of nitrogens with zero attached hydrogens (tertiary/aromatic N) is 1. The number of hydrogen-bond acceptors (Lipinski definition) is 5. The van der Waals surface area contributed by atoms with Gasteiger partial charge in [-0.05, 0) is 12.2 Å². The van der Waals surface area contributed by atoms with Crippen molar-refractivity contribution in [1.29, 1.82) is 0 Å². The highest BCUT2D eigenvalue weighted by molar-refractivity contribution is 5.82. The molecular weight excluding hydrogens is 200 g/mol. The summed E-state index contributed by atoms with van der Waals surface area (Å²) in [5.41, 5.74) is 2.74. The summed E-state index contributed by atoms with van der Waals surface area (Å²) < 4.78 is 4.52. The van der Waals surface area contributed by atoms with Gasteiger partial charge in [0.15, 0.2) is 6.04 Å². The van der Waals surface area contributed by atoms with E-state index in [1.54, 1.807) is 24.6 Å². The number of carboxylic acids is 1. The van der Waals surface area contributed by atoms with Crippen LogP contribution >= 0.6 is 0 Å². The van der Waals surface area contributed by atoms with E-state index in [0.717, 1.165) is 0 Å². The zero-order chi connectivity index (χ0) is 11.3. The van der Waals surface area contributed by atoms with Crippen LogP contribution < -0.4 is 5.43 Å². The number of carbonyl (C=O) groups is 2. The fourth-order valence-corrected chi connectivity index (χ4v) is 1.16. The molecule has 0 bridgehead atoms. The Morgan fingerprint density at radius 3 is 2.73 bits per heavy atom. The van der Waals surface area contributed by atoms with E-state index in [4.69, 9.17) is 5.11 Å². The zero-order valence-electron chi connectivity index (χ0n) is 8.21. The van der Waals surface area contributed by atoms with E-state index in [-0.39, 0.29) is 6.42 Å². The molecule has 0 aromatic rings. The van der Waals surface area contributed by atoms with Crippen molar-refractivity contribution in [2.24, 2.45) is 0 Å². The molecule has 1 rings (SSSR count). The molecule has 15 heavy (non-hydrogen) atoms. The Kier molecular flexibility index (Phi) is 3.73. The maximum absolute atomic E-state index is 11.3. The van der Waals surface area contributed by atoms with Gasteiger partial charge in [0.25, 0.3) is 0 Å². The standard InChI is InChI=1S/C9H12N2O4/c1-15-9(14)7(6-8(12)13)11-5-3-2-4-10-11/h2-5,7,10H,6H2,1H3,(H,12,13). The van der Waals surface area contributed by atoms with Crippen molar-refractivity contribution in [3.05, 3.63) is 24.6 Å². The number of nitrogens with one attached hydrogen (secondary N) is 1. The van der Waals surface area contributed by atoms with E-state index < -0.39 is 18.0 Å². The van der Waals surface area contributed by atoms with Crippen molar-refractivity contribution < 1.29 is 19.4 Å². The van der Waals surface area contributed by atoms with Gasteiger partial charge in [-0.15, -0.1) is 0 Å². The highest BCUT2D eigenvalue weighted by atomic mass is 16.5. The lowest BCUT2D eigenvalue weighted by atomic mass is 10.2. The summed E-state index contributed by atoms with van der Waals surface area (Å²) in [6.45, 7) is 0. The van der Waals surface area contributed by atoms with Gasteiger partial charge in [0.05, 0.1) is 13.5 Å². The third-order valence-corrected chi connectivity index (χ3v) is 1.85. The number of carboxylic acid groups (broad SMARTS) is 1. The van der Waals surface area contributed by atoms with Gasteiger partial charge in [0.1, 0.15) is 0 Å². The van der Waals surface area contributed by atoms with E-state index in [1.807, 2.05) is 0 Å². The van der Waals surface area contributed by atoms with Gasteiger partial charge in [-0.25, -0.2) is 4.79 Å². The Morgan fingerprint density at radius 2 is 2.27 bits per heavy atom. The van der Waals surface area contributed by atoms with Crippen molar-refractivity contribution in [3.8, 4) is 0 Å². The molecule has 0 spiro atoms. The first-order valence-electron chi connectivity index (χ1n) is 4.32. The quantitative estimate of drug-likeness (QED) is 0.631. The number of rotatable bonds is 4. The Labute approximate surface area is 86.8 Å². The summed E-state index contributed by atoms with van der Waals surface area (Å²) in [4.78, 5) is 21.9. The molecule has 2 N–H and O–H groups in total. The first-order chi connectivity index (χ1) is 7.15. The molecule has 82 valence electrons. The lowest BCUT2D eigenvalue weighted by Gasteiger charge is -2.28. The lowest BCUT2D eigenvalue weighted by Crippen LogP contribution is -2.46. The van der Waals surface area contributed by atoms with Crippen molar-refractivity contribution in [3.63, 3.8) is 0 Å². The van der Waals surface area contributed by atoms with E-state index in [9.17, 15) is 9.59 Å². The molecule has 0 radical (unpaired) electrons. The average molecular weight is 212 g/mol. The van der Waals surface area contributed by atoms with Crippen molar-refractivity contribution in [1.82, 2.24) is 10.4 Å².